The smallest absolute Gasteiger partial charge is 0.165 e. The van der Waals surface area contributed by atoms with Gasteiger partial charge in [0.15, 0.2) is 11.5 Å². The first-order valence-electron chi connectivity index (χ1n) is 8.10. The van der Waals surface area contributed by atoms with Crippen molar-refractivity contribution in [2.75, 3.05) is 20.7 Å². The highest BCUT2D eigenvalue weighted by Gasteiger charge is 2.64. The molecule has 0 radical (unpaired) electrons. The maximum atomic E-state index is 10.6. The van der Waals surface area contributed by atoms with E-state index in [-0.39, 0.29) is 28.5 Å². The van der Waals surface area contributed by atoms with Gasteiger partial charge in [-0.1, -0.05) is 18.2 Å². The maximum absolute atomic E-state index is 10.6. The van der Waals surface area contributed by atoms with Gasteiger partial charge in [-0.05, 0) is 38.1 Å². The summed E-state index contributed by atoms with van der Waals surface area (Å²) in [7, 11) is 3.91. The molecule has 2 bridgehead atoms. The fraction of sp³-hybridized carbons (Fsp3) is 0.556. The number of ether oxygens (including phenoxy) is 2. The number of halogens is 1. The molecule has 5 heteroatoms. The number of likely N-dealkylation sites (tertiary alicyclic amines) is 1. The number of aliphatic hydroxyl groups is 1. The van der Waals surface area contributed by atoms with E-state index < -0.39 is 6.10 Å². The van der Waals surface area contributed by atoms with Gasteiger partial charge in [0.2, 0.25) is 0 Å². The Morgan fingerprint density at radius 1 is 1.35 bits per heavy atom. The maximum Gasteiger partial charge on any atom is 0.165 e. The Hall–Kier alpha value is -1.04. The van der Waals surface area contributed by atoms with E-state index in [1.165, 1.54) is 11.1 Å². The number of hydrogen-bond donors (Lipinski definition) is 1. The highest BCUT2D eigenvalue weighted by molar-refractivity contribution is 8.93. The van der Waals surface area contributed by atoms with Crippen molar-refractivity contribution in [3.05, 3.63) is 35.4 Å². The lowest BCUT2D eigenvalue weighted by molar-refractivity contribution is -0.0453. The van der Waals surface area contributed by atoms with Gasteiger partial charge in [-0.25, -0.2) is 0 Å². The molecule has 4 aliphatic rings. The van der Waals surface area contributed by atoms with Crippen molar-refractivity contribution < 1.29 is 14.6 Å². The number of piperidine rings is 1. The highest BCUT2D eigenvalue weighted by Crippen LogP contribution is 2.62. The minimum absolute atomic E-state index is 0. The van der Waals surface area contributed by atoms with Gasteiger partial charge in [0.05, 0.1) is 7.11 Å². The summed E-state index contributed by atoms with van der Waals surface area (Å²) in [4.78, 5) is 2.47. The predicted octanol–water partition coefficient (Wildman–Crippen LogP) is 2.08. The Morgan fingerprint density at radius 3 is 2.96 bits per heavy atom. The summed E-state index contributed by atoms with van der Waals surface area (Å²) in [6.07, 6.45) is 5.54. The number of hydrogen-bond acceptors (Lipinski definition) is 4. The molecule has 124 valence electrons. The van der Waals surface area contributed by atoms with Gasteiger partial charge in [0.1, 0.15) is 12.2 Å². The van der Waals surface area contributed by atoms with E-state index in [9.17, 15) is 5.11 Å². The van der Waals surface area contributed by atoms with E-state index in [1.807, 2.05) is 12.1 Å². The normalized spacial score (nSPS) is 39.3. The molecule has 5 rings (SSSR count). The molecule has 0 amide bonds. The predicted molar refractivity (Wildman–Crippen MR) is 92.8 cm³/mol. The van der Waals surface area contributed by atoms with Crippen LogP contribution in [-0.4, -0.2) is 49.0 Å². The van der Waals surface area contributed by atoms with Gasteiger partial charge >= 0.3 is 0 Å². The van der Waals surface area contributed by atoms with Gasteiger partial charge in [-0.3, -0.25) is 0 Å². The van der Waals surface area contributed by atoms with Crippen LogP contribution in [0.1, 0.15) is 17.5 Å². The second-order valence-electron chi connectivity index (χ2n) is 7.11. The van der Waals surface area contributed by atoms with Crippen molar-refractivity contribution in [3.63, 3.8) is 0 Å². The second kappa shape index (κ2) is 4.98. The molecular formula is C18H22BrNO3. The third-order valence-electron chi connectivity index (χ3n) is 6.35. The molecular weight excluding hydrogens is 358 g/mol. The molecule has 2 aliphatic carbocycles. The van der Waals surface area contributed by atoms with E-state index >= 15 is 0 Å². The molecule has 0 unspecified atom stereocenters. The van der Waals surface area contributed by atoms with Crippen molar-refractivity contribution in [3.8, 4) is 11.5 Å². The number of nitrogens with zero attached hydrogens (tertiary/aromatic N) is 1. The van der Waals surface area contributed by atoms with Crippen molar-refractivity contribution in [2.24, 2.45) is 5.92 Å². The summed E-state index contributed by atoms with van der Waals surface area (Å²) < 4.78 is 11.8. The van der Waals surface area contributed by atoms with Gasteiger partial charge < -0.3 is 19.5 Å². The first-order chi connectivity index (χ1) is 10.7. The zero-order valence-corrected chi connectivity index (χ0v) is 15.1. The van der Waals surface area contributed by atoms with Crippen molar-refractivity contribution in [2.45, 2.75) is 36.5 Å². The molecule has 1 aromatic carbocycles. The molecule has 4 nitrogen and oxygen atoms in total. The monoisotopic (exact) mass is 379 g/mol. The minimum Gasteiger partial charge on any atom is -0.493 e. The molecule has 1 aromatic rings. The SMILES string of the molecule is Br.COc1ccc2c3c1O[C@H]1[C@@H](O)C=C[C@@H]4[C@@H](C2)N(C)CC[C@@]341. The van der Waals surface area contributed by atoms with Crippen molar-refractivity contribution in [1.29, 1.82) is 0 Å². The average Bonchev–Trinajstić information content (AvgIpc) is 2.88. The van der Waals surface area contributed by atoms with Crippen LogP contribution in [0.4, 0.5) is 0 Å². The molecule has 1 spiro atoms. The van der Waals surface area contributed by atoms with E-state index in [1.54, 1.807) is 7.11 Å². The van der Waals surface area contributed by atoms with Gasteiger partial charge in [0.25, 0.3) is 0 Å². The van der Waals surface area contributed by atoms with Crippen LogP contribution in [-0.2, 0) is 11.8 Å². The average molecular weight is 380 g/mol. The van der Waals surface area contributed by atoms with Crippen LogP contribution in [0, 0.1) is 5.92 Å². The minimum atomic E-state index is -0.539. The zero-order valence-electron chi connectivity index (χ0n) is 13.4. The van der Waals surface area contributed by atoms with Crippen LogP contribution in [0.25, 0.3) is 0 Å². The fourth-order valence-corrected chi connectivity index (χ4v) is 5.39. The molecule has 0 saturated carbocycles. The molecule has 2 aliphatic heterocycles. The Labute approximate surface area is 146 Å². The van der Waals surface area contributed by atoms with E-state index in [0.717, 1.165) is 30.9 Å². The number of likely N-dealkylation sites (N-methyl/N-ethyl adjacent to an activating group) is 1. The number of benzene rings is 1. The fourth-order valence-electron chi connectivity index (χ4n) is 5.39. The molecule has 23 heavy (non-hydrogen) atoms. The zero-order chi connectivity index (χ0) is 15.1. The van der Waals surface area contributed by atoms with E-state index in [2.05, 4.69) is 24.1 Å². The molecule has 5 atom stereocenters. The molecule has 1 saturated heterocycles. The van der Waals surface area contributed by atoms with Gasteiger partial charge in [-0.2, -0.15) is 0 Å². The Bertz CT molecular complexity index is 691. The van der Waals surface area contributed by atoms with Crippen LogP contribution in [0.15, 0.2) is 24.3 Å². The first-order valence-corrected chi connectivity index (χ1v) is 8.10. The van der Waals surface area contributed by atoms with Crippen LogP contribution < -0.4 is 9.47 Å². The summed E-state index contributed by atoms with van der Waals surface area (Å²) >= 11 is 0. The Morgan fingerprint density at radius 2 is 2.17 bits per heavy atom. The van der Waals surface area contributed by atoms with Crippen LogP contribution in [0.2, 0.25) is 0 Å². The topological polar surface area (TPSA) is 41.9 Å². The standard InChI is InChI=1S/C18H21NO3.BrH/c1-19-8-7-18-11-4-5-13(20)17(18)22-16-14(21-2)6-3-10(15(16)18)9-12(11)19;/h3-6,11-13,17,20H,7-9H2,1-2H3;1H/t11-,12-,13+,17+,18+;/m1./s1. The van der Waals surface area contributed by atoms with E-state index in [4.69, 9.17) is 9.47 Å². The second-order valence-corrected chi connectivity index (χ2v) is 7.11. The summed E-state index contributed by atoms with van der Waals surface area (Å²) in [5.74, 6) is 2.09. The lowest BCUT2D eigenvalue weighted by Gasteiger charge is -2.56. The van der Waals surface area contributed by atoms with Gasteiger partial charge in [0, 0.05) is 22.9 Å². The van der Waals surface area contributed by atoms with Crippen LogP contribution in [0.5, 0.6) is 11.5 Å². The van der Waals surface area contributed by atoms with E-state index in [0.29, 0.717) is 12.0 Å². The van der Waals surface area contributed by atoms with Crippen LogP contribution in [0.3, 0.4) is 0 Å². The Kier molecular flexibility index (Phi) is 3.35. The third kappa shape index (κ3) is 1.68. The number of methoxy groups -OCH3 is 1. The van der Waals surface area contributed by atoms with Gasteiger partial charge in [-0.15, -0.1) is 17.0 Å². The molecule has 0 aromatic heterocycles. The number of rotatable bonds is 1. The van der Waals surface area contributed by atoms with Crippen molar-refractivity contribution in [1.82, 2.24) is 4.90 Å². The molecule has 2 heterocycles. The summed E-state index contributed by atoms with van der Waals surface area (Å²) in [6, 6.07) is 4.70. The molecule has 1 N–H and O–H groups in total. The highest BCUT2D eigenvalue weighted by atomic mass is 79.9. The summed E-state index contributed by atoms with van der Waals surface area (Å²) in [5, 5.41) is 10.6. The van der Waals surface area contributed by atoms with Crippen molar-refractivity contribution >= 4 is 17.0 Å². The quantitative estimate of drug-likeness (QED) is 0.758. The first kappa shape index (κ1) is 15.5. The summed E-state index contributed by atoms with van der Waals surface area (Å²) in [5.41, 5.74) is 2.60. The Balaban J connectivity index is 0.00000135. The molecule has 1 fully saturated rings. The largest absolute Gasteiger partial charge is 0.493 e. The lowest BCUT2D eigenvalue weighted by Crippen LogP contribution is -2.64. The van der Waals surface area contributed by atoms with Crippen LogP contribution >= 0.6 is 17.0 Å². The lowest BCUT2D eigenvalue weighted by atomic mass is 9.53. The third-order valence-corrected chi connectivity index (χ3v) is 6.35. The number of aliphatic hydroxyl groups excluding tert-OH is 1. The summed E-state index contributed by atoms with van der Waals surface area (Å²) in [6.45, 7) is 1.05.